The standard InChI is InChI=1S/C24H40O3Si/c1-16(25)24(26)14-11-21-19-8-7-17-15-18(27-28(4,5)6)9-12-22(17,2)20(19)10-13-23(21,24)3/h7,18-21,26H,8-15H2,1-6H3. The van der Waals surface area contributed by atoms with Gasteiger partial charge >= 0.3 is 0 Å². The van der Waals surface area contributed by atoms with Gasteiger partial charge in [0.2, 0.25) is 0 Å². The molecule has 0 aromatic heterocycles. The van der Waals surface area contributed by atoms with Crippen LogP contribution in [-0.2, 0) is 9.22 Å². The lowest BCUT2D eigenvalue weighted by Crippen LogP contribution is -2.57. The number of fused-ring (bicyclic) bond motifs is 5. The Hall–Kier alpha value is -0.453. The molecule has 3 nitrogen and oxygen atoms in total. The van der Waals surface area contributed by atoms with Crippen LogP contribution in [0.25, 0.3) is 0 Å². The molecule has 7 unspecified atom stereocenters. The minimum absolute atomic E-state index is 0.0155. The van der Waals surface area contributed by atoms with Crippen molar-refractivity contribution in [2.24, 2.45) is 28.6 Å². The molecule has 0 heterocycles. The largest absolute Gasteiger partial charge is 0.414 e. The number of Topliss-reactive ketones (excluding diaryl/α,β-unsaturated/α-hetero) is 1. The van der Waals surface area contributed by atoms with Crippen molar-refractivity contribution >= 4 is 14.1 Å². The number of hydrogen-bond acceptors (Lipinski definition) is 3. The van der Waals surface area contributed by atoms with Gasteiger partial charge in [0.05, 0.1) is 0 Å². The molecule has 0 aromatic carbocycles. The van der Waals surface area contributed by atoms with Crippen LogP contribution in [0.1, 0.15) is 72.1 Å². The SMILES string of the molecule is CC(=O)C1(O)CCC2C3CC=C4CC(O[Si](C)(C)C)CCC4(C)C3CCC21C. The average Bonchev–Trinajstić information content (AvgIpc) is 2.87. The molecule has 1 N–H and O–H groups in total. The minimum Gasteiger partial charge on any atom is -0.414 e. The predicted molar refractivity (Wildman–Crippen MR) is 116 cm³/mol. The summed E-state index contributed by atoms with van der Waals surface area (Å²) in [6.07, 6.45) is 11.4. The number of rotatable bonds is 3. The van der Waals surface area contributed by atoms with Gasteiger partial charge in [0.15, 0.2) is 14.1 Å². The summed E-state index contributed by atoms with van der Waals surface area (Å²) < 4.78 is 6.48. The van der Waals surface area contributed by atoms with E-state index in [0.717, 1.165) is 32.1 Å². The first-order valence-electron chi connectivity index (χ1n) is 11.5. The molecule has 3 fully saturated rings. The fourth-order valence-corrected chi connectivity index (χ4v) is 9.02. The van der Waals surface area contributed by atoms with Crippen molar-refractivity contribution in [3.63, 3.8) is 0 Å². The van der Waals surface area contributed by atoms with Crippen LogP contribution in [0.15, 0.2) is 11.6 Å². The Bertz CT molecular complexity index is 694. The van der Waals surface area contributed by atoms with Crippen molar-refractivity contribution in [2.45, 2.75) is 103 Å². The van der Waals surface area contributed by atoms with Crippen molar-refractivity contribution in [1.82, 2.24) is 0 Å². The lowest BCUT2D eigenvalue weighted by atomic mass is 9.47. The van der Waals surface area contributed by atoms with E-state index in [1.54, 1.807) is 12.5 Å². The minimum atomic E-state index is -1.50. The van der Waals surface area contributed by atoms with Gasteiger partial charge in [0.25, 0.3) is 0 Å². The zero-order valence-corrected chi connectivity index (χ0v) is 19.8. The summed E-state index contributed by atoms with van der Waals surface area (Å²) >= 11 is 0. The molecule has 7 atom stereocenters. The maximum absolute atomic E-state index is 12.4. The highest BCUT2D eigenvalue weighted by molar-refractivity contribution is 6.69. The van der Waals surface area contributed by atoms with Crippen LogP contribution in [0.4, 0.5) is 0 Å². The number of allylic oxidation sites excluding steroid dienone is 1. The van der Waals surface area contributed by atoms with Crippen LogP contribution in [-0.4, -0.2) is 30.9 Å². The molecule has 3 saturated carbocycles. The molecular weight excluding hydrogens is 364 g/mol. The van der Waals surface area contributed by atoms with E-state index in [-0.39, 0.29) is 11.2 Å². The van der Waals surface area contributed by atoms with Crippen LogP contribution >= 0.6 is 0 Å². The average molecular weight is 405 g/mol. The molecule has 4 aliphatic rings. The van der Waals surface area contributed by atoms with Crippen molar-refractivity contribution < 1.29 is 14.3 Å². The lowest BCUT2D eigenvalue weighted by Gasteiger charge is -2.59. The van der Waals surface area contributed by atoms with Gasteiger partial charge in [-0.3, -0.25) is 4.79 Å². The molecule has 4 aliphatic carbocycles. The van der Waals surface area contributed by atoms with Gasteiger partial charge in [-0.1, -0.05) is 25.5 Å². The number of carbonyl (C=O) groups is 1. The Morgan fingerprint density at radius 1 is 1.11 bits per heavy atom. The van der Waals surface area contributed by atoms with Crippen molar-refractivity contribution in [1.29, 1.82) is 0 Å². The molecule has 158 valence electrons. The Morgan fingerprint density at radius 2 is 1.79 bits per heavy atom. The molecular formula is C24H40O3Si. The number of carbonyl (C=O) groups excluding carboxylic acids is 1. The van der Waals surface area contributed by atoms with Gasteiger partial charge in [-0.2, -0.15) is 0 Å². The summed E-state index contributed by atoms with van der Waals surface area (Å²) in [6.45, 7) is 13.2. The third-order valence-corrected chi connectivity index (χ3v) is 10.4. The molecule has 28 heavy (non-hydrogen) atoms. The van der Waals surface area contributed by atoms with Crippen molar-refractivity contribution in [3.05, 3.63) is 11.6 Å². The highest BCUT2D eigenvalue weighted by Crippen LogP contribution is 2.67. The first-order valence-corrected chi connectivity index (χ1v) is 14.9. The molecule has 0 radical (unpaired) electrons. The Morgan fingerprint density at radius 3 is 2.43 bits per heavy atom. The second kappa shape index (κ2) is 6.52. The van der Waals surface area contributed by atoms with E-state index in [2.05, 4.69) is 39.6 Å². The topological polar surface area (TPSA) is 46.5 Å². The van der Waals surface area contributed by atoms with Crippen LogP contribution < -0.4 is 0 Å². The fourth-order valence-electron chi connectivity index (χ4n) is 7.82. The summed E-state index contributed by atoms with van der Waals surface area (Å²) in [5.74, 6) is 1.78. The zero-order valence-electron chi connectivity index (χ0n) is 18.8. The van der Waals surface area contributed by atoms with Gasteiger partial charge in [0, 0.05) is 11.5 Å². The number of ketones is 1. The van der Waals surface area contributed by atoms with Crippen molar-refractivity contribution in [2.75, 3.05) is 0 Å². The van der Waals surface area contributed by atoms with Gasteiger partial charge in [-0.05, 0) is 101 Å². The maximum atomic E-state index is 12.4. The molecule has 0 aromatic rings. The third kappa shape index (κ3) is 2.92. The van der Waals surface area contributed by atoms with Crippen LogP contribution in [0.3, 0.4) is 0 Å². The Balaban J connectivity index is 1.59. The van der Waals surface area contributed by atoms with Gasteiger partial charge < -0.3 is 9.53 Å². The smallest absolute Gasteiger partial charge is 0.184 e. The van der Waals surface area contributed by atoms with E-state index < -0.39 is 13.9 Å². The van der Waals surface area contributed by atoms with E-state index in [0.29, 0.717) is 35.7 Å². The monoisotopic (exact) mass is 404 g/mol. The lowest BCUT2D eigenvalue weighted by molar-refractivity contribution is -0.159. The second-order valence-corrected chi connectivity index (χ2v) is 16.2. The van der Waals surface area contributed by atoms with Crippen molar-refractivity contribution in [3.8, 4) is 0 Å². The Labute approximate surface area is 172 Å². The Kier molecular flexibility index (Phi) is 4.84. The summed E-state index contributed by atoms with van der Waals surface area (Å²) in [5, 5.41) is 11.3. The predicted octanol–water partition coefficient (Wildman–Crippen LogP) is 5.49. The van der Waals surface area contributed by atoms with E-state index in [1.807, 2.05) is 0 Å². The molecule has 0 saturated heterocycles. The first-order chi connectivity index (χ1) is 12.9. The van der Waals surface area contributed by atoms with Gasteiger partial charge in [-0.15, -0.1) is 0 Å². The number of aliphatic hydroxyl groups is 1. The molecule has 0 aliphatic heterocycles. The summed E-state index contributed by atoms with van der Waals surface area (Å²) in [4.78, 5) is 12.4. The highest BCUT2D eigenvalue weighted by Gasteiger charge is 2.65. The van der Waals surface area contributed by atoms with Gasteiger partial charge in [-0.25, -0.2) is 0 Å². The number of hydrogen-bond donors (Lipinski definition) is 1. The van der Waals surface area contributed by atoms with E-state index in [1.165, 1.54) is 12.8 Å². The van der Waals surface area contributed by atoms with Gasteiger partial charge in [0.1, 0.15) is 5.60 Å². The highest BCUT2D eigenvalue weighted by atomic mass is 28.4. The summed E-state index contributed by atoms with van der Waals surface area (Å²) in [6, 6.07) is 0. The molecule has 4 heteroatoms. The van der Waals surface area contributed by atoms with Crippen LogP contribution in [0, 0.1) is 28.6 Å². The summed E-state index contributed by atoms with van der Waals surface area (Å²) in [5.41, 5.74) is 0.600. The molecule has 4 rings (SSSR count). The van der Waals surface area contributed by atoms with E-state index in [9.17, 15) is 9.90 Å². The maximum Gasteiger partial charge on any atom is 0.184 e. The quantitative estimate of drug-likeness (QED) is 0.500. The normalized spacial score (nSPS) is 48.3. The van der Waals surface area contributed by atoms with Crippen LogP contribution in [0.2, 0.25) is 19.6 Å². The zero-order chi connectivity index (χ0) is 20.5. The fraction of sp³-hybridized carbons (Fsp3) is 0.875. The second-order valence-electron chi connectivity index (χ2n) is 11.8. The van der Waals surface area contributed by atoms with E-state index >= 15 is 0 Å². The third-order valence-electron chi connectivity index (χ3n) is 9.31. The summed E-state index contributed by atoms with van der Waals surface area (Å²) in [7, 11) is -1.50. The van der Waals surface area contributed by atoms with E-state index in [4.69, 9.17) is 4.43 Å². The first kappa shape index (κ1) is 20.8. The molecule has 0 spiro atoms. The van der Waals surface area contributed by atoms with Crippen LogP contribution in [0.5, 0.6) is 0 Å². The molecule has 0 bridgehead atoms. The molecule has 0 amide bonds.